The smallest absolute Gasteiger partial charge is 0.254 e. The summed E-state index contributed by atoms with van der Waals surface area (Å²) in [5, 5.41) is 16.5. The molecule has 4 nitrogen and oxygen atoms in total. The molecule has 0 fully saturated rings. The summed E-state index contributed by atoms with van der Waals surface area (Å²) < 4.78 is 11.1. The van der Waals surface area contributed by atoms with Crippen LogP contribution in [-0.4, -0.2) is 28.3 Å². The summed E-state index contributed by atoms with van der Waals surface area (Å²) in [5.74, 6) is 0. The minimum absolute atomic E-state index is 0.212. The normalized spacial score (nSPS) is 11.2. The van der Waals surface area contributed by atoms with Crippen molar-refractivity contribution in [1.82, 2.24) is 0 Å². The van der Waals surface area contributed by atoms with Crippen molar-refractivity contribution in [3.63, 3.8) is 0 Å². The highest BCUT2D eigenvalue weighted by atomic mass is 31.2. The highest BCUT2D eigenvalue weighted by Crippen LogP contribution is 2.54. The fourth-order valence-electron chi connectivity index (χ4n) is 0.415. The Bertz CT molecular complexity index is 201. The second kappa shape index (κ2) is 3.83. The third-order valence-electron chi connectivity index (χ3n) is 1.22. The molecule has 3 N–H and O–H groups in total. The Labute approximate surface area is 64.9 Å². The topological polar surface area (TPSA) is 77.8 Å². The summed E-state index contributed by atoms with van der Waals surface area (Å²) in [6, 6.07) is 0. The maximum atomic E-state index is 11.1. The van der Waals surface area contributed by atoms with E-state index in [0.717, 1.165) is 0 Å². The molecule has 0 aromatic carbocycles. The minimum Gasteiger partial charge on any atom is -0.391 e. The molecule has 0 saturated carbocycles. The van der Waals surface area contributed by atoms with Crippen molar-refractivity contribution in [3.05, 3.63) is 23.8 Å². The molecule has 0 heterocycles. The molecule has 0 bridgehead atoms. The van der Waals surface area contributed by atoms with Gasteiger partial charge in [-0.05, 0) is 0 Å². The first kappa shape index (κ1) is 10.6. The van der Waals surface area contributed by atoms with Gasteiger partial charge in [0.2, 0.25) is 0 Å². The molecule has 0 amide bonds. The second-order valence-electron chi connectivity index (χ2n) is 2.02. The van der Waals surface area contributed by atoms with Crippen molar-refractivity contribution >= 4 is 7.37 Å². The molecule has 0 radical (unpaired) electrons. The van der Waals surface area contributed by atoms with E-state index in [4.69, 9.17) is 15.1 Å². The number of aliphatic hydroxyl groups excluding tert-OH is 2. The lowest BCUT2D eigenvalue weighted by molar-refractivity contribution is 0.327. The molecule has 0 saturated heterocycles. The van der Waals surface area contributed by atoms with Gasteiger partial charge in [-0.25, -0.2) is 0 Å². The maximum Gasteiger partial charge on any atom is 0.254 e. The molecule has 5 heteroatoms. The summed E-state index contributed by atoms with van der Waals surface area (Å²) in [6.07, 6.45) is 0. The van der Waals surface area contributed by atoms with E-state index in [1.807, 2.05) is 0 Å². The fourth-order valence-corrected chi connectivity index (χ4v) is 1.25. The predicted octanol–water partition coefficient (Wildman–Crippen LogP) is 0.269. The van der Waals surface area contributed by atoms with E-state index in [2.05, 4.69) is 13.2 Å². The van der Waals surface area contributed by atoms with Crippen molar-refractivity contribution < 1.29 is 19.7 Å². The lowest BCUT2D eigenvalue weighted by Crippen LogP contribution is -1.96. The molecule has 0 aromatic rings. The zero-order chi connectivity index (χ0) is 9.07. The van der Waals surface area contributed by atoms with Crippen LogP contribution in [0.2, 0.25) is 0 Å². The van der Waals surface area contributed by atoms with E-state index in [9.17, 15) is 4.57 Å². The van der Waals surface area contributed by atoms with Gasteiger partial charge >= 0.3 is 0 Å². The monoisotopic (exact) mass is 178 g/mol. The molecule has 0 rings (SSSR count). The van der Waals surface area contributed by atoms with Crippen LogP contribution in [0.5, 0.6) is 0 Å². The summed E-state index contributed by atoms with van der Waals surface area (Å²) in [7, 11) is -3.76. The molecule has 0 aliphatic rings. The van der Waals surface area contributed by atoms with E-state index in [1.54, 1.807) is 0 Å². The Morgan fingerprint density at radius 2 is 1.45 bits per heavy atom. The molecule has 0 atom stereocenters. The number of hydrogen-bond donors (Lipinski definition) is 3. The first-order valence-corrected chi connectivity index (χ1v) is 4.54. The summed E-state index contributed by atoms with van der Waals surface area (Å²) in [4.78, 5) is 9.09. The summed E-state index contributed by atoms with van der Waals surface area (Å²) in [6.45, 7) is 5.20. The van der Waals surface area contributed by atoms with E-state index >= 15 is 0 Å². The Morgan fingerprint density at radius 3 is 1.64 bits per heavy atom. The van der Waals surface area contributed by atoms with E-state index < -0.39 is 20.6 Å². The van der Waals surface area contributed by atoms with Crippen LogP contribution in [0.3, 0.4) is 0 Å². The zero-order valence-electron chi connectivity index (χ0n) is 6.03. The van der Waals surface area contributed by atoms with Crippen LogP contribution < -0.4 is 0 Å². The predicted molar refractivity (Wildman–Crippen MR) is 42.3 cm³/mol. The highest BCUT2D eigenvalue weighted by molar-refractivity contribution is 7.66. The average Bonchev–Trinajstić information content (AvgIpc) is 2.01. The standard InChI is InChI=1S/C6H11O4P/c1-5(3-7)11(9,10)6(2)4-8/h7-8H,1-4H2,(H,9,10). The molecule has 0 spiro atoms. The molecule has 0 aliphatic heterocycles. The largest absolute Gasteiger partial charge is 0.391 e. The van der Waals surface area contributed by atoms with Crippen molar-refractivity contribution in [1.29, 1.82) is 0 Å². The minimum atomic E-state index is -3.76. The van der Waals surface area contributed by atoms with Crippen LogP contribution in [0.4, 0.5) is 0 Å². The van der Waals surface area contributed by atoms with Crippen LogP contribution in [0.1, 0.15) is 0 Å². The van der Waals surface area contributed by atoms with Crippen molar-refractivity contribution in [2.45, 2.75) is 0 Å². The van der Waals surface area contributed by atoms with Crippen molar-refractivity contribution in [3.8, 4) is 0 Å². The van der Waals surface area contributed by atoms with Crippen LogP contribution in [0.15, 0.2) is 23.8 Å². The van der Waals surface area contributed by atoms with E-state index in [0.29, 0.717) is 0 Å². The first-order valence-electron chi connectivity index (χ1n) is 2.88. The van der Waals surface area contributed by atoms with Gasteiger partial charge in [-0.15, -0.1) is 0 Å². The Kier molecular flexibility index (Phi) is 3.69. The fraction of sp³-hybridized carbons (Fsp3) is 0.333. The van der Waals surface area contributed by atoms with Crippen LogP contribution in [-0.2, 0) is 4.57 Å². The number of rotatable bonds is 4. The van der Waals surface area contributed by atoms with Crippen LogP contribution in [0, 0.1) is 0 Å². The molecular formula is C6H11O4P. The van der Waals surface area contributed by atoms with E-state index in [-0.39, 0.29) is 10.6 Å². The molecule has 0 aromatic heterocycles. The van der Waals surface area contributed by atoms with Gasteiger partial charge in [0.25, 0.3) is 7.37 Å². The Hall–Kier alpha value is -0.410. The summed E-state index contributed by atoms with van der Waals surface area (Å²) >= 11 is 0. The SMILES string of the molecule is C=C(CO)P(=O)(O)C(=C)CO. The molecule has 64 valence electrons. The van der Waals surface area contributed by atoms with Gasteiger partial charge in [-0.2, -0.15) is 0 Å². The first-order chi connectivity index (χ1) is 4.96. The molecular weight excluding hydrogens is 167 g/mol. The van der Waals surface area contributed by atoms with Crippen molar-refractivity contribution in [2.75, 3.05) is 13.2 Å². The lowest BCUT2D eigenvalue weighted by atomic mass is 10.7. The maximum absolute atomic E-state index is 11.1. The zero-order valence-corrected chi connectivity index (χ0v) is 6.92. The average molecular weight is 178 g/mol. The molecule has 0 unspecified atom stereocenters. The Balaban J connectivity index is 4.60. The third kappa shape index (κ3) is 2.27. The van der Waals surface area contributed by atoms with Gasteiger partial charge < -0.3 is 15.1 Å². The number of aliphatic hydroxyl groups is 2. The molecule has 0 aliphatic carbocycles. The van der Waals surface area contributed by atoms with Crippen molar-refractivity contribution in [2.24, 2.45) is 0 Å². The van der Waals surface area contributed by atoms with Gasteiger partial charge in [-0.1, -0.05) is 13.2 Å². The lowest BCUT2D eigenvalue weighted by Gasteiger charge is -2.12. The van der Waals surface area contributed by atoms with Crippen LogP contribution in [0.25, 0.3) is 0 Å². The van der Waals surface area contributed by atoms with Crippen LogP contribution >= 0.6 is 7.37 Å². The second-order valence-corrected chi connectivity index (χ2v) is 4.44. The summed E-state index contributed by atoms with van der Waals surface area (Å²) in [5.41, 5.74) is 0. The number of hydrogen-bond acceptors (Lipinski definition) is 3. The third-order valence-corrected chi connectivity index (χ3v) is 3.22. The van der Waals surface area contributed by atoms with Gasteiger partial charge in [0.05, 0.1) is 13.2 Å². The Morgan fingerprint density at radius 1 is 1.18 bits per heavy atom. The highest BCUT2D eigenvalue weighted by Gasteiger charge is 2.24. The van der Waals surface area contributed by atoms with Gasteiger partial charge in [0.15, 0.2) is 0 Å². The van der Waals surface area contributed by atoms with Gasteiger partial charge in [-0.3, -0.25) is 4.57 Å². The molecule has 11 heavy (non-hydrogen) atoms. The van der Waals surface area contributed by atoms with Gasteiger partial charge in [0, 0.05) is 10.6 Å². The quantitative estimate of drug-likeness (QED) is 0.540. The van der Waals surface area contributed by atoms with Gasteiger partial charge in [0.1, 0.15) is 0 Å². The van der Waals surface area contributed by atoms with E-state index in [1.165, 1.54) is 0 Å².